The number of hydrogen-bond donors (Lipinski definition) is 2. The van der Waals surface area contributed by atoms with Crippen LogP contribution in [0.3, 0.4) is 0 Å². The number of aliphatic hydroxyl groups is 1. The van der Waals surface area contributed by atoms with E-state index in [4.69, 9.17) is 9.47 Å². The minimum Gasteiger partial charge on any atom is -0.389 e. The molecule has 20 heavy (non-hydrogen) atoms. The van der Waals surface area contributed by atoms with Crippen LogP contribution in [0.5, 0.6) is 0 Å². The van der Waals surface area contributed by atoms with E-state index in [2.05, 4.69) is 12.2 Å². The Labute approximate surface area is 123 Å². The van der Waals surface area contributed by atoms with Gasteiger partial charge in [-0.1, -0.05) is 19.8 Å². The summed E-state index contributed by atoms with van der Waals surface area (Å²) in [5.41, 5.74) is 0. The molecule has 1 aliphatic carbocycles. The van der Waals surface area contributed by atoms with Gasteiger partial charge >= 0.3 is 0 Å². The molecule has 1 aliphatic heterocycles. The van der Waals surface area contributed by atoms with Crippen LogP contribution < -0.4 is 5.32 Å². The summed E-state index contributed by atoms with van der Waals surface area (Å²) in [6.07, 6.45) is 7.17. The Morgan fingerprint density at radius 3 is 2.80 bits per heavy atom. The lowest BCUT2D eigenvalue weighted by Crippen LogP contribution is -2.36. The SMILES string of the molecule is CC1CCCC(OCC(O)CNCC2CCOCC2)C1. The van der Waals surface area contributed by atoms with E-state index < -0.39 is 0 Å². The largest absolute Gasteiger partial charge is 0.389 e. The second-order valence-corrected chi connectivity index (χ2v) is 6.59. The van der Waals surface area contributed by atoms with Gasteiger partial charge in [-0.05, 0) is 44.1 Å². The molecule has 4 heteroatoms. The van der Waals surface area contributed by atoms with Gasteiger partial charge in [-0.2, -0.15) is 0 Å². The van der Waals surface area contributed by atoms with Gasteiger partial charge in [-0.25, -0.2) is 0 Å². The van der Waals surface area contributed by atoms with Gasteiger partial charge in [0.2, 0.25) is 0 Å². The topological polar surface area (TPSA) is 50.7 Å². The maximum absolute atomic E-state index is 9.96. The van der Waals surface area contributed by atoms with Crippen LogP contribution in [0.1, 0.15) is 45.4 Å². The predicted octanol–water partition coefficient (Wildman–Crippen LogP) is 1.96. The van der Waals surface area contributed by atoms with E-state index >= 15 is 0 Å². The summed E-state index contributed by atoms with van der Waals surface area (Å²) in [5.74, 6) is 1.48. The lowest BCUT2D eigenvalue weighted by Gasteiger charge is -2.28. The van der Waals surface area contributed by atoms with Crippen molar-refractivity contribution in [1.29, 1.82) is 0 Å². The van der Waals surface area contributed by atoms with Crippen LogP contribution in [0.2, 0.25) is 0 Å². The number of ether oxygens (including phenoxy) is 2. The van der Waals surface area contributed by atoms with Crippen molar-refractivity contribution in [3.8, 4) is 0 Å². The molecule has 118 valence electrons. The second kappa shape index (κ2) is 8.98. The highest BCUT2D eigenvalue weighted by Gasteiger charge is 2.20. The van der Waals surface area contributed by atoms with Crippen molar-refractivity contribution >= 4 is 0 Å². The van der Waals surface area contributed by atoms with Crippen LogP contribution in [0.4, 0.5) is 0 Å². The Hall–Kier alpha value is -0.160. The summed E-state index contributed by atoms with van der Waals surface area (Å²) in [7, 11) is 0. The fraction of sp³-hybridized carbons (Fsp3) is 1.00. The fourth-order valence-electron chi connectivity index (χ4n) is 3.24. The first kappa shape index (κ1) is 16.2. The Balaban J connectivity index is 1.50. The van der Waals surface area contributed by atoms with Gasteiger partial charge in [-0.15, -0.1) is 0 Å². The average molecular weight is 285 g/mol. The molecule has 0 aromatic heterocycles. The molecular weight excluding hydrogens is 254 g/mol. The first-order chi connectivity index (χ1) is 9.74. The molecule has 2 fully saturated rings. The van der Waals surface area contributed by atoms with E-state index in [-0.39, 0.29) is 6.10 Å². The molecule has 1 saturated carbocycles. The molecule has 0 radical (unpaired) electrons. The average Bonchev–Trinajstić information content (AvgIpc) is 2.46. The zero-order valence-corrected chi connectivity index (χ0v) is 12.9. The zero-order valence-electron chi connectivity index (χ0n) is 12.9. The van der Waals surface area contributed by atoms with Gasteiger partial charge in [0.05, 0.1) is 18.8 Å². The van der Waals surface area contributed by atoms with Crippen molar-refractivity contribution in [1.82, 2.24) is 5.32 Å². The highest BCUT2D eigenvalue weighted by atomic mass is 16.5. The molecule has 0 amide bonds. The van der Waals surface area contributed by atoms with E-state index in [9.17, 15) is 5.11 Å². The van der Waals surface area contributed by atoms with Crippen molar-refractivity contribution in [3.63, 3.8) is 0 Å². The normalized spacial score (nSPS) is 30.3. The first-order valence-electron chi connectivity index (χ1n) is 8.32. The van der Waals surface area contributed by atoms with E-state index in [0.717, 1.165) is 51.4 Å². The highest BCUT2D eigenvalue weighted by molar-refractivity contribution is 4.72. The summed E-state index contributed by atoms with van der Waals surface area (Å²) in [6, 6.07) is 0. The fourth-order valence-corrected chi connectivity index (χ4v) is 3.24. The molecular formula is C16H31NO3. The highest BCUT2D eigenvalue weighted by Crippen LogP contribution is 2.25. The Bertz CT molecular complexity index is 256. The monoisotopic (exact) mass is 285 g/mol. The van der Waals surface area contributed by atoms with Gasteiger partial charge in [-0.3, -0.25) is 0 Å². The first-order valence-corrected chi connectivity index (χ1v) is 8.32. The van der Waals surface area contributed by atoms with Crippen LogP contribution in [0, 0.1) is 11.8 Å². The smallest absolute Gasteiger partial charge is 0.0897 e. The molecule has 1 saturated heterocycles. The van der Waals surface area contributed by atoms with Crippen molar-refractivity contribution in [2.75, 3.05) is 32.9 Å². The van der Waals surface area contributed by atoms with Crippen molar-refractivity contribution in [2.24, 2.45) is 11.8 Å². The van der Waals surface area contributed by atoms with Gasteiger partial charge in [0.1, 0.15) is 0 Å². The van der Waals surface area contributed by atoms with E-state index in [1.54, 1.807) is 0 Å². The number of nitrogens with one attached hydrogen (secondary N) is 1. The van der Waals surface area contributed by atoms with E-state index in [0.29, 0.717) is 25.2 Å². The Morgan fingerprint density at radius 2 is 2.05 bits per heavy atom. The third-order valence-corrected chi connectivity index (χ3v) is 4.57. The Morgan fingerprint density at radius 1 is 1.25 bits per heavy atom. The maximum Gasteiger partial charge on any atom is 0.0897 e. The second-order valence-electron chi connectivity index (χ2n) is 6.59. The molecule has 2 N–H and O–H groups in total. The van der Waals surface area contributed by atoms with Gasteiger partial charge < -0.3 is 19.9 Å². The summed E-state index contributed by atoms with van der Waals surface area (Å²) >= 11 is 0. The van der Waals surface area contributed by atoms with Crippen molar-refractivity contribution in [2.45, 2.75) is 57.7 Å². The van der Waals surface area contributed by atoms with Gasteiger partial charge in [0, 0.05) is 19.8 Å². The van der Waals surface area contributed by atoms with Gasteiger partial charge in [0.25, 0.3) is 0 Å². The summed E-state index contributed by atoms with van der Waals surface area (Å²) in [6.45, 7) is 6.16. The summed E-state index contributed by atoms with van der Waals surface area (Å²) < 4.78 is 11.2. The van der Waals surface area contributed by atoms with E-state index in [1.807, 2.05) is 0 Å². The van der Waals surface area contributed by atoms with Crippen LogP contribution >= 0.6 is 0 Å². The quantitative estimate of drug-likeness (QED) is 0.751. The summed E-state index contributed by atoms with van der Waals surface area (Å²) in [4.78, 5) is 0. The molecule has 0 spiro atoms. The van der Waals surface area contributed by atoms with Gasteiger partial charge in [0.15, 0.2) is 0 Å². The number of aliphatic hydroxyl groups excluding tert-OH is 1. The molecule has 2 rings (SSSR count). The minimum atomic E-state index is -0.382. The van der Waals surface area contributed by atoms with Crippen molar-refractivity contribution in [3.05, 3.63) is 0 Å². The molecule has 4 nitrogen and oxygen atoms in total. The lowest BCUT2D eigenvalue weighted by molar-refractivity contribution is -0.0310. The van der Waals surface area contributed by atoms with Crippen molar-refractivity contribution < 1.29 is 14.6 Å². The van der Waals surface area contributed by atoms with Crippen LogP contribution in [0.25, 0.3) is 0 Å². The number of rotatable bonds is 7. The minimum absolute atomic E-state index is 0.365. The molecule has 1 heterocycles. The van der Waals surface area contributed by atoms with Crippen LogP contribution in [-0.2, 0) is 9.47 Å². The third-order valence-electron chi connectivity index (χ3n) is 4.57. The maximum atomic E-state index is 9.96. The number of hydrogen-bond acceptors (Lipinski definition) is 4. The standard InChI is InChI=1S/C16H31NO3/c1-13-3-2-4-16(9-13)20-12-15(18)11-17-10-14-5-7-19-8-6-14/h13-18H,2-12H2,1H3. The third kappa shape index (κ3) is 6.08. The lowest BCUT2D eigenvalue weighted by atomic mass is 9.89. The molecule has 0 aromatic carbocycles. The predicted molar refractivity (Wildman–Crippen MR) is 79.8 cm³/mol. The van der Waals surface area contributed by atoms with Crippen LogP contribution in [-0.4, -0.2) is 50.2 Å². The molecule has 3 atom stereocenters. The van der Waals surface area contributed by atoms with E-state index in [1.165, 1.54) is 12.8 Å². The summed E-state index contributed by atoms with van der Waals surface area (Å²) in [5, 5.41) is 13.3. The molecule has 2 aliphatic rings. The Kier molecular flexibility index (Phi) is 7.28. The zero-order chi connectivity index (χ0) is 14.2. The molecule has 0 aromatic rings. The molecule has 0 bridgehead atoms. The molecule has 3 unspecified atom stereocenters. The van der Waals surface area contributed by atoms with Crippen LogP contribution in [0.15, 0.2) is 0 Å².